The van der Waals surface area contributed by atoms with Gasteiger partial charge in [-0.05, 0) is 38.5 Å². The molecular formula is C14H17FN2O4. The number of aromatic carboxylic acids is 1. The fraction of sp³-hybridized carbons (Fsp3) is 0.429. The summed E-state index contributed by atoms with van der Waals surface area (Å²) in [6.07, 6.45) is 0.498. The summed E-state index contributed by atoms with van der Waals surface area (Å²) in [5.74, 6) is -1.89. The molecule has 6 nitrogen and oxygen atoms in total. The van der Waals surface area contributed by atoms with E-state index in [-0.39, 0.29) is 17.4 Å². The van der Waals surface area contributed by atoms with E-state index in [0.29, 0.717) is 13.0 Å². The van der Waals surface area contributed by atoms with Crippen LogP contribution in [0, 0.1) is 5.82 Å². The van der Waals surface area contributed by atoms with E-state index in [1.54, 1.807) is 0 Å². The van der Waals surface area contributed by atoms with Gasteiger partial charge in [0.1, 0.15) is 5.82 Å². The van der Waals surface area contributed by atoms with Crippen LogP contribution in [0.3, 0.4) is 0 Å². The van der Waals surface area contributed by atoms with E-state index >= 15 is 0 Å². The lowest BCUT2D eigenvalue weighted by Crippen LogP contribution is -2.52. The Morgan fingerprint density at radius 3 is 2.76 bits per heavy atom. The zero-order valence-electron chi connectivity index (χ0n) is 11.8. The highest BCUT2D eigenvalue weighted by atomic mass is 19.1. The lowest BCUT2D eigenvalue weighted by molar-refractivity contribution is 0.0697. The van der Waals surface area contributed by atoms with Gasteiger partial charge in [0.15, 0.2) is 0 Å². The van der Waals surface area contributed by atoms with Crippen molar-refractivity contribution in [1.29, 1.82) is 0 Å². The maximum atomic E-state index is 13.6. The van der Waals surface area contributed by atoms with Gasteiger partial charge in [-0.2, -0.15) is 0 Å². The second-order valence-electron chi connectivity index (χ2n) is 5.26. The Morgan fingerprint density at radius 2 is 2.19 bits per heavy atom. The Bertz CT molecular complexity index is 578. The van der Waals surface area contributed by atoms with Crippen molar-refractivity contribution in [2.75, 3.05) is 11.9 Å². The van der Waals surface area contributed by atoms with E-state index in [2.05, 4.69) is 10.6 Å². The molecule has 0 spiro atoms. The first-order valence-electron chi connectivity index (χ1n) is 6.55. The van der Waals surface area contributed by atoms with Crippen LogP contribution >= 0.6 is 0 Å². The normalized spacial score (nSPS) is 24.6. The standard InChI is InChI=1S/C14H17FN2O4/c1-8-14(2,5-6-21-8)17-13(20)16-11-7-9(12(18)19)3-4-10(11)15/h3-4,7-8H,5-6H2,1-2H3,(H,18,19)(H2,16,17,20). The van der Waals surface area contributed by atoms with E-state index < -0.39 is 23.4 Å². The monoisotopic (exact) mass is 296 g/mol. The molecule has 1 fully saturated rings. The Kier molecular flexibility index (Phi) is 4.13. The molecule has 0 radical (unpaired) electrons. The van der Waals surface area contributed by atoms with Crippen molar-refractivity contribution in [2.45, 2.75) is 31.9 Å². The second-order valence-corrected chi connectivity index (χ2v) is 5.26. The average Bonchev–Trinajstić information content (AvgIpc) is 2.71. The van der Waals surface area contributed by atoms with Crippen LogP contribution in [0.25, 0.3) is 0 Å². The Balaban J connectivity index is 2.09. The van der Waals surface area contributed by atoms with Crippen LogP contribution in [0.5, 0.6) is 0 Å². The summed E-state index contributed by atoms with van der Waals surface area (Å²) in [6.45, 7) is 4.23. The molecule has 2 unspecified atom stereocenters. The summed E-state index contributed by atoms with van der Waals surface area (Å²) in [5.41, 5.74) is -0.816. The molecule has 0 saturated carbocycles. The highest BCUT2D eigenvalue weighted by molar-refractivity contribution is 5.93. The number of rotatable bonds is 3. The van der Waals surface area contributed by atoms with Crippen LogP contribution in [0.2, 0.25) is 0 Å². The number of carbonyl (C=O) groups excluding carboxylic acids is 1. The van der Waals surface area contributed by atoms with Crippen LogP contribution in [0.4, 0.5) is 14.9 Å². The molecule has 2 atom stereocenters. The minimum absolute atomic E-state index is 0.101. The van der Waals surface area contributed by atoms with Gasteiger partial charge in [-0.1, -0.05) is 0 Å². The van der Waals surface area contributed by atoms with Crippen molar-refractivity contribution >= 4 is 17.7 Å². The summed E-state index contributed by atoms with van der Waals surface area (Å²) < 4.78 is 19.0. The van der Waals surface area contributed by atoms with Crippen molar-refractivity contribution < 1.29 is 23.8 Å². The largest absolute Gasteiger partial charge is 0.478 e. The number of carboxylic acid groups (broad SMARTS) is 1. The van der Waals surface area contributed by atoms with Gasteiger partial charge in [-0.3, -0.25) is 0 Å². The van der Waals surface area contributed by atoms with Gasteiger partial charge >= 0.3 is 12.0 Å². The Morgan fingerprint density at radius 1 is 1.48 bits per heavy atom. The molecule has 1 aliphatic heterocycles. The molecule has 1 saturated heterocycles. The highest BCUT2D eigenvalue weighted by Crippen LogP contribution is 2.25. The maximum absolute atomic E-state index is 13.6. The fourth-order valence-electron chi connectivity index (χ4n) is 2.17. The first-order valence-corrected chi connectivity index (χ1v) is 6.55. The van der Waals surface area contributed by atoms with Crippen molar-refractivity contribution in [3.8, 4) is 0 Å². The minimum Gasteiger partial charge on any atom is -0.478 e. The number of urea groups is 1. The third kappa shape index (κ3) is 3.30. The molecule has 0 aromatic heterocycles. The summed E-state index contributed by atoms with van der Waals surface area (Å²) in [4.78, 5) is 22.8. The molecule has 0 bridgehead atoms. The lowest BCUT2D eigenvalue weighted by Gasteiger charge is -2.28. The summed E-state index contributed by atoms with van der Waals surface area (Å²) in [5, 5.41) is 13.9. The third-order valence-corrected chi connectivity index (χ3v) is 3.75. The smallest absolute Gasteiger partial charge is 0.335 e. The molecule has 2 rings (SSSR count). The van der Waals surface area contributed by atoms with Gasteiger partial charge in [0.2, 0.25) is 0 Å². The maximum Gasteiger partial charge on any atom is 0.335 e. The lowest BCUT2D eigenvalue weighted by atomic mass is 9.95. The fourth-order valence-corrected chi connectivity index (χ4v) is 2.17. The van der Waals surface area contributed by atoms with Gasteiger partial charge in [0.05, 0.1) is 22.9 Å². The molecule has 0 aliphatic carbocycles. The summed E-state index contributed by atoms with van der Waals surface area (Å²) in [7, 11) is 0. The molecule has 1 aromatic carbocycles. The van der Waals surface area contributed by atoms with Gasteiger partial charge in [0.25, 0.3) is 0 Å². The molecule has 2 amide bonds. The Hall–Kier alpha value is -2.15. The zero-order chi connectivity index (χ0) is 15.6. The highest BCUT2D eigenvalue weighted by Gasteiger charge is 2.38. The number of carbonyl (C=O) groups is 2. The van der Waals surface area contributed by atoms with Crippen LogP contribution in [-0.4, -0.2) is 35.4 Å². The van der Waals surface area contributed by atoms with Gasteiger partial charge < -0.3 is 20.5 Å². The quantitative estimate of drug-likeness (QED) is 0.798. The number of nitrogens with one attached hydrogen (secondary N) is 2. The predicted molar refractivity (Wildman–Crippen MR) is 73.9 cm³/mol. The third-order valence-electron chi connectivity index (χ3n) is 3.75. The predicted octanol–water partition coefficient (Wildman–Crippen LogP) is 2.21. The minimum atomic E-state index is -1.19. The van der Waals surface area contributed by atoms with E-state index in [4.69, 9.17) is 9.84 Å². The van der Waals surface area contributed by atoms with Crippen LogP contribution in [0.1, 0.15) is 30.6 Å². The van der Waals surface area contributed by atoms with Crippen molar-refractivity contribution in [3.05, 3.63) is 29.6 Å². The first-order chi connectivity index (χ1) is 9.82. The van der Waals surface area contributed by atoms with E-state index in [1.807, 2.05) is 13.8 Å². The van der Waals surface area contributed by atoms with Gasteiger partial charge in [-0.25, -0.2) is 14.0 Å². The molecule has 1 aromatic rings. The van der Waals surface area contributed by atoms with E-state index in [0.717, 1.165) is 18.2 Å². The second kappa shape index (κ2) is 5.69. The molecule has 7 heteroatoms. The number of halogens is 1. The van der Waals surface area contributed by atoms with Crippen LogP contribution < -0.4 is 10.6 Å². The zero-order valence-corrected chi connectivity index (χ0v) is 11.8. The van der Waals surface area contributed by atoms with Gasteiger partial charge in [-0.15, -0.1) is 0 Å². The molecule has 3 N–H and O–H groups in total. The summed E-state index contributed by atoms with van der Waals surface area (Å²) >= 11 is 0. The van der Waals surface area contributed by atoms with Crippen LogP contribution in [-0.2, 0) is 4.74 Å². The number of benzene rings is 1. The molecule has 114 valence electrons. The van der Waals surface area contributed by atoms with Crippen molar-refractivity contribution in [3.63, 3.8) is 0 Å². The molecule has 21 heavy (non-hydrogen) atoms. The van der Waals surface area contributed by atoms with E-state index in [9.17, 15) is 14.0 Å². The number of amides is 2. The Labute approximate surface area is 121 Å². The number of hydrogen-bond acceptors (Lipinski definition) is 3. The molecule has 1 heterocycles. The van der Waals surface area contributed by atoms with Crippen molar-refractivity contribution in [2.24, 2.45) is 0 Å². The first kappa shape index (κ1) is 15.2. The molecule has 1 aliphatic rings. The number of anilines is 1. The van der Waals surface area contributed by atoms with Crippen molar-refractivity contribution in [1.82, 2.24) is 5.32 Å². The average molecular weight is 296 g/mol. The summed E-state index contributed by atoms with van der Waals surface area (Å²) in [6, 6.07) is 2.61. The number of carboxylic acids is 1. The topological polar surface area (TPSA) is 87.7 Å². The van der Waals surface area contributed by atoms with Crippen LogP contribution in [0.15, 0.2) is 18.2 Å². The SMILES string of the molecule is CC1OCCC1(C)NC(=O)Nc1cc(C(=O)O)ccc1F. The number of ether oxygens (including phenoxy) is 1. The van der Waals surface area contributed by atoms with Gasteiger partial charge in [0, 0.05) is 6.61 Å². The molecular weight excluding hydrogens is 279 g/mol. The van der Waals surface area contributed by atoms with E-state index in [1.165, 1.54) is 0 Å². The number of hydrogen-bond donors (Lipinski definition) is 3.